The minimum absolute atomic E-state index is 0.0709. The molecule has 0 aliphatic carbocycles. The Hall–Kier alpha value is -3.99. The van der Waals surface area contributed by atoms with Crippen LogP contribution in [0.1, 0.15) is 29.1 Å². The van der Waals surface area contributed by atoms with Gasteiger partial charge in [0.05, 0.1) is 11.1 Å². The average Bonchev–Trinajstić information content (AvgIpc) is 3.62. The minimum Gasteiger partial charge on any atom is -0.356 e. The Labute approximate surface area is 195 Å². The highest BCUT2D eigenvalue weighted by Gasteiger charge is 2.26. The summed E-state index contributed by atoms with van der Waals surface area (Å²) in [7, 11) is -3.91. The van der Waals surface area contributed by atoms with Crippen LogP contribution in [0.15, 0.2) is 68.7 Å². The van der Waals surface area contributed by atoms with Crippen molar-refractivity contribution < 1.29 is 22.3 Å². The molecule has 11 heteroatoms. The lowest BCUT2D eigenvalue weighted by molar-refractivity contribution is 0.0743. The van der Waals surface area contributed by atoms with Crippen LogP contribution in [0.3, 0.4) is 0 Å². The number of rotatable bonds is 6. The molecule has 1 N–H and O–H groups in total. The zero-order valence-corrected chi connectivity index (χ0v) is 19.1. The molecule has 0 spiro atoms. The van der Waals surface area contributed by atoms with E-state index in [4.69, 9.17) is 9.05 Å². The molecule has 1 amide bonds. The molecular formula is C23H21N5O5S. The highest BCUT2D eigenvalue weighted by atomic mass is 32.2. The van der Waals surface area contributed by atoms with Gasteiger partial charge in [0.25, 0.3) is 10.0 Å². The van der Waals surface area contributed by atoms with Gasteiger partial charge in [-0.05, 0) is 55.7 Å². The molecule has 10 nitrogen and oxygen atoms in total. The van der Waals surface area contributed by atoms with E-state index in [1.54, 1.807) is 54.3 Å². The number of carbonyl (C=O) groups excluding carboxylic acids is 1. The summed E-state index contributed by atoms with van der Waals surface area (Å²) in [6.07, 6.45) is 3.43. The predicted octanol–water partition coefficient (Wildman–Crippen LogP) is 3.74. The second-order valence-corrected chi connectivity index (χ2v) is 9.61. The van der Waals surface area contributed by atoms with E-state index in [1.165, 1.54) is 12.3 Å². The number of hydrogen-bond acceptors (Lipinski definition) is 8. The first-order valence-electron chi connectivity index (χ1n) is 10.7. The molecule has 1 aliphatic rings. The van der Waals surface area contributed by atoms with Crippen molar-refractivity contribution >= 4 is 21.6 Å². The van der Waals surface area contributed by atoms with E-state index in [9.17, 15) is 13.2 Å². The van der Waals surface area contributed by atoms with Gasteiger partial charge in [0.2, 0.25) is 5.82 Å². The second kappa shape index (κ2) is 8.75. The summed E-state index contributed by atoms with van der Waals surface area (Å²) in [6.45, 7) is 3.02. The summed E-state index contributed by atoms with van der Waals surface area (Å²) >= 11 is 0. The molecule has 1 aliphatic heterocycles. The Morgan fingerprint density at radius 2 is 1.74 bits per heavy atom. The summed E-state index contributed by atoms with van der Waals surface area (Å²) in [6, 6.07) is 13.3. The smallest absolute Gasteiger partial charge is 0.316 e. The highest BCUT2D eigenvalue weighted by Crippen LogP contribution is 2.27. The first-order chi connectivity index (χ1) is 16.4. The number of nitrogens with one attached hydrogen (secondary N) is 1. The molecule has 2 aromatic heterocycles. The van der Waals surface area contributed by atoms with E-state index in [0.29, 0.717) is 35.7 Å². The molecule has 1 saturated heterocycles. The third kappa shape index (κ3) is 4.29. The Morgan fingerprint density at radius 3 is 2.44 bits per heavy atom. The molecular weight excluding hydrogens is 458 g/mol. The van der Waals surface area contributed by atoms with Crippen molar-refractivity contribution in [3.63, 3.8) is 0 Å². The first kappa shape index (κ1) is 21.8. The second-order valence-electron chi connectivity index (χ2n) is 7.96. The third-order valence-electron chi connectivity index (χ3n) is 5.60. The molecule has 5 rings (SSSR count). The number of anilines is 1. The molecule has 0 bridgehead atoms. The van der Waals surface area contributed by atoms with Gasteiger partial charge in [-0.1, -0.05) is 22.4 Å². The van der Waals surface area contributed by atoms with Gasteiger partial charge in [-0.2, -0.15) is 4.98 Å². The van der Waals surface area contributed by atoms with Gasteiger partial charge in [0, 0.05) is 36.0 Å². The van der Waals surface area contributed by atoms with Crippen LogP contribution in [0.25, 0.3) is 22.7 Å². The molecule has 0 atom stereocenters. The number of sulfonamides is 1. The van der Waals surface area contributed by atoms with E-state index < -0.39 is 10.0 Å². The van der Waals surface area contributed by atoms with Crippen LogP contribution in [0.4, 0.5) is 5.69 Å². The van der Waals surface area contributed by atoms with Crippen LogP contribution in [0.5, 0.6) is 0 Å². The van der Waals surface area contributed by atoms with Crippen LogP contribution in [-0.4, -0.2) is 47.6 Å². The quantitative estimate of drug-likeness (QED) is 0.442. The van der Waals surface area contributed by atoms with Crippen molar-refractivity contribution in [3.05, 3.63) is 66.2 Å². The average molecular weight is 480 g/mol. The van der Waals surface area contributed by atoms with Gasteiger partial charge in [-0.3, -0.25) is 9.52 Å². The predicted molar refractivity (Wildman–Crippen MR) is 122 cm³/mol. The lowest BCUT2D eigenvalue weighted by atomic mass is 10.1. The van der Waals surface area contributed by atoms with Gasteiger partial charge in [-0.25, -0.2) is 8.42 Å². The standard InChI is InChI=1S/C23H21N5O5S/c1-15-4-5-17(21-25-22(33-26-21)23(29)28-12-2-3-13-28)14-20(15)34(30,31)27-18-8-6-16(7-9-18)19-10-11-24-32-19/h4-11,14,27H,2-3,12-13H2,1H3. The number of hydrogen-bond donors (Lipinski definition) is 1. The van der Waals surface area contributed by atoms with Crippen molar-refractivity contribution in [2.45, 2.75) is 24.7 Å². The van der Waals surface area contributed by atoms with E-state index in [2.05, 4.69) is 20.0 Å². The molecule has 0 saturated carbocycles. The monoisotopic (exact) mass is 479 g/mol. The highest BCUT2D eigenvalue weighted by molar-refractivity contribution is 7.92. The maximum atomic E-state index is 13.1. The Kier molecular flexibility index (Phi) is 5.62. The van der Waals surface area contributed by atoms with Gasteiger partial charge in [0.15, 0.2) is 5.76 Å². The van der Waals surface area contributed by atoms with E-state index >= 15 is 0 Å². The molecule has 0 radical (unpaired) electrons. The molecule has 1 fully saturated rings. The topological polar surface area (TPSA) is 131 Å². The van der Waals surface area contributed by atoms with Crippen LogP contribution in [0.2, 0.25) is 0 Å². The van der Waals surface area contributed by atoms with Crippen molar-refractivity contribution in [2.24, 2.45) is 0 Å². The fourth-order valence-electron chi connectivity index (χ4n) is 3.79. The third-order valence-corrected chi connectivity index (χ3v) is 7.12. The summed E-state index contributed by atoms with van der Waals surface area (Å²) < 4.78 is 39.1. The summed E-state index contributed by atoms with van der Waals surface area (Å²) in [4.78, 5) is 18.4. The molecule has 174 valence electrons. The van der Waals surface area contributed by atoms with Gasteiger partial charge < -0.3 is 13.9 Å². The summed E-state index contributed by atoms with van der Waals surface area (Å²) in [5.74, 6) is 0.314. The fraction of sp³-hybridized carbons (Fsp3) is 0.217. The van der Waals surface area contributed by atoms with Crippen LogP contribution < -0.4 is 4.72 Å². The van der Waals surface area contributed by atoms with Gasteiger partial charge in [-0.15, -0.1) is 0 Å². The number of aryl methyl sites for hydroxylation is 1. The first-order valence-corrected chi connectivity index (χ1v) is 12.2. The van der Waals surface area contributed by atoms with Crippen LogP contribution >= 0.6 is 0 Å². The number of likely N-dealkylation sites (tertiary alicyclic amines) is 1. The number of carbonyl (C=O) groups is 1. The molecule has 34 heavy (non-hydrogen) atoms. The van der Waals surface area contributed by atoms with Crippen molar-refractivity contribution in [3.8, 4) is 22.7 Å². The number of amides is 1. The van der Waals surface area contributed by atoms with Crippen molar-refractivity contribution in [2.75, 3.05) is 17.8 Å². The molecule has 4 aromatic rings. The zero-order valence-electron chi connectivity index (χ0n) is 18.3. The van der Waals surface area contributed by atoms with E-state index in [0.717, 1.165) is 18.4 Å². The maximum Gasteiger partial charge on any atom is 0.316 e. The van der Waals surface area contributed by atoms with E-state index in [1.807, 2.05) is 0 Å². The lowest BCUT2D eigenvalue weighted by Gasteiger charge is -2.12. The molecule has 0 unspecified atom stereocenters. The maximum absolute atomic E-state index is 13.1. The number of benzene rings is 2. The normalized spacial score (nSPS) is 13.9. The Balaban J connectivity index is 1.38. The number of nitrogens with zero attached hydrogens (tertiary/aromatic N) is 4. The van der Waals surface area contributed by atoms with Gasteiger partial charge >= 0.3 is 11.8 Å². The van der Waals surface area contributed by atoms with Crippen LogP contribution in [0, 0.1) is 6.92 Å². The summed E-state index contributed by atoms with van der Waals surface area (Å²) in [5.41, 5.74) is 2.14. The SMILES string of the molecule is Cc1ccc(-c2noc(C(=O)N3CCCC3)n2)cc1S(=O)(=O)Nc1ccc(-c2ccno2)cc1. The zero-order chi connectivity index (χ0) is 23.7. The van der Waals surface area contributed by atoms with Gasteiger partial charge in [0.1, 0.15) is 0 Å². The Morgan fingerprint density at radius 1 is 1.00 bits per heavy atom. The van der Waals surface area contributed by atoms with Crippen molar-refractivity contribution in [1.29, 1.82) is 0 Å². The minimum atomic E-state index is -3.91. The number of aromatic nitrogens is 3. The lowest BCUT2D eigenvalue weighted by Crippen LogP contribution is -2.27. The summed E-state index contributed by atoms with van der Waals surface area (Å²) in [5, 5.41) is 7.56. The largest absolute Gasteiger partial charge is 0.356 e. The molecule has 2 aromatic carbocycles. The molecule has 3 heterocycles. The van der Waals surface area contributed by atoms with Crippen LogP contribution in [-0.2, 0) is 10.0 Å². The van der Waals surface area contributed by atoms with E-state index in [-0.39, 0.29) is 22.5 Å². The van der Waals surface area contributed by atoms with Crippen molar-refractivity contribution in [1.82, 2.24) is 20.2 Å². The Bertz CT molecular complexity index is 1420. The fourth-order valence-corrected chi connectivity index (χ4v) is 5.12.